The first-order valence-electron chi connectivity index (χ1n) is 7.13. The van der Waals surface area contributed by atoms with Crippen molar-refractivity contribution in [3.05, 3.63) is 42.1 Å². The van der Waals surface area contributed by atoms with Crippen molar-refractivity contribution in [3.63, 3.8) is 0 Å². The molecule has 0 spiro atoms. The Bertz CT molecular complexity index is 534. The Kier molecular flexibility index (Phi) is 4.93. The lowest BCUT2D eigenvalue weighted by Crippen LogP contribution is -2.05. The summed E-state index contributed by atoms with van der Waals surface area (Å²) in [5.41, 5.74) is 2.37. The van der Waals surface area contributed by atoms with Gasteiger partial charge in [0, 0.05) is 18.4 Å². The number of benzene rings is 1. The summed E-state index contributed by atoms with van der Waals surface area (Å²) < 4.78 is 0. The van der Waals surface area contributed by atoms with Crippen LogP contribution in [0.3, 0.4) is 0 Å². The van der Waals surface area contributed by atoms with Crippen molar-refractivity contribution in [2.75, 3.05) is 17.2 Å². The molecule has 4 nitrogen and oxygen atoms in total. The van der Waals surface area contributed by atoms with Gasteiger partial charge in [-0.1, -0.05) is 32.9 Å². The van der Waals surface area contributed by atoms with Crippen LogP contribution < -0.4 is 10.6 Å². The highest BCUT2D eigenvalue weighted by molar-refractivity contribution is 5.57. The summed E-state index contributed by atoms with van der Waals surface area (Å²) in [6, 6.07) is 10.3. The van der Waals surface area contributed by atoms with E-state index in [9.17, 15) is 0 Å². The number of aromatic nitrogens is 2. The molecule has 0 amide bonds. The van der Waals surface area contributed by atoms with Gasteiger partial charge < -0.3 is 10.6 Å². The van der Waals surface area contributed by atoms with Crippen LogP contribution in [-0.2, 0) is 0 Å². The highest BCUT2D eigenvalue weighted by Crippen LogP contribution is 2.19. The molecular weight excluding hydrogens is 248 g/mol. The lowest BCUT2D eigenvalue weighted by molar-refractivity contribution is 0.867. The summed E-state index contributed by atoms with van der Waals surface area (Å²) >= 11 is 0. The van der Waals surface area contributed by atoms with E-state index >= 15 is 0 Å². The van der Waals surface area contributed by atoms with Crippen molar-refractivity contribution >= 4 is 17.5 Å². The predicted molar refractivity (Wildman–Crippen MR) is 84.6 cm³/mol. The van der Waals surface area contributed by atoms with Gasteiger partial charge in [-0.05, 0) is 36.1 Å². The zero-order chi connectivity index (χ0) is 14.4. The molecule has 106 valence electrons. The van der Waals surface area contributed by atoms with Gasteiger partial charge in [-0.3, -0.25) is 0 Å². The molecule has 4 heteroatoms. The number of hydrogen-bond donors (Lipinski definition) is 2. The van der Waals surface area contributed by atoms with E-state index in [0.717, 1.165) is 24.5 Å². The van der Waals surface area contributed by atoms with E-state index in [4.69, 9.17) is 0 Å². The van der Waals surface area contributed by atoms with Gasteiger partial charge in [-0.2, -0.15) is 4.98 Å². The minimum Gasteiger partial charge on any atom is -0.354 e. The maximum atomic E-state index is 4.43. The quantitative estimate of drug-likeness (QED) is 0.827. The number of hydrogen-bond acceptors (Lipinski definition) is 4. The Morgan fingerprint density at radius 1 is 1.10 bits per heavy atom. The van der Waals surface area contributed by atoms with Gasteiger partial charge in [-0.25, -0.2) is 4.98 Å². The molecular formula is C16H22N4. The minimum absolute atomic E-state index is 0.549. The lowest BCUT2D eigenvalue weighted by Gasteiger charge is -2.09. The minimum atomic E-state index is 0.549. The molecule has 0 aliphatic rings. The molecule has 0 radical (unpaired) electrons. The van der Waals surface area contributed by atoms with Crippen LogP contribution in [0.25, 0.3) is 0 Å². The highest BCUT2D eigenvalue weighted by Gasteiger charge is 2.01. The van der Waals surface area contributed by atoms with Crippen LogP contribution in [0.2, 0.25) is 0 Å². The molecule has 0 aliphatic heterocycles. The van der Waals surface area contributed by atoms with Crippen LogP contribution in [-0.4, -0.2) is 16.5 Å². The Hall–Kier alpha value is -2.10. The van der Waals surface area contributed by atoms with Gasteiger partial charge in [0.05, 0.1) is 0 Å². The smallest absolute Gasteiger partial charge is 0.224 e. The van der Waals surface area contributed by atoms with Gasteiger partial charge in [0.1, 0.15) is 5.82 Å². The standard InChI is InChI=1S/C16H22N4/c1-4-10-17-16-18-11-9-15(20-16)19-14-7-5-13(6-8-14)12(2)3/h5-9,11-12H,4,10H2,1-3H3,(H2,17,18,19,20). The van der Waals surface area contributed by atoms with Crippen molar-refractivity contribution in [1.82, 2.24) is 9.97 Å². The summed E-state index contributed by atoms with van der Waals surface area (Å²) in [4.78, 5) is 8.62. The third kappa shape index (κ3) is 3.95. The molecule has 0 saturated heterocycles. The van der Waals surface area contributed by atoms with E-state index in [2.05, 4.69) is 65.6 Å². The maximum Gasteiger partial charge on any atom is 0.224 e. The molecule has 1 aromatic heterocycles. The largest absolute Gasteiger partial charge is 0.354 e. The third-order valence-corrected chi connectivity index (χ3v) is 3.04. The number of nitrogens with one attached hydrogen (secondary N) is 2. The van der Waals surface area contributed by atoms with Crippen LogP contribution in [0.1, 0.15) is 38.7 Å². The molecule has 0 aliphatic carbocycles. The second-order valence-corrected chi connectivity index (χ2v) is 5.09. The van der Waals surface area contributed by atoms with Crippen LogP contribution >= 0.6 is 0 Å². The van der Waals surface area contributed by atoms with Crippen LogP contribution in [0, 0.1) is 0 Å². The summed E-state index contributed by atoms with van der Waals surface area (Å²) in [7, 11) is 0. The lowest BCUT2D eigenvalue weighted by atomic mass is 10.0. The molecule has 2 rings (SSSR count). The van der Waals surface area contributed by atoms with E-state index in [1.165, 1.54) is 5.56 Å². The summed E-state index contributed by atoms with van der Waals surface area (Å²) in [5, 5.41) is 6.48. The fourth-order valence-corrected chi connectivity index (χ4v) is 1.85. The monoisotopic (exact) mass is 270 g/mol. The second-order valence-electron chi connectivity index (χ2n) is 5.09. The summed E-state index contributed by atoms with van der Waals surface area (Å²) in [5.74, 6) is 2.01. The molecule has 0 bridgehead atoms. The van der Waals surface area contributed by atoms with E-state index in [0.29, 0.717) is 11.9 Å². The molecule has 1 heterocycles. The van der Waals surface area contributed by atoms with Gasteiger partial charge in [0.15, 0.2) is 0 Å². The first-order chi connectivity index (χ1) is 9.69. The van der Waals surface area contributed by atoms with Gasteiger partial charge in [0.25, 0.3) is 0 Å². The first-order valence-corrected chi connectivity index (χ1v) is 7.13. The maximum absolute atomic E-state index is 4.43. The molecule has 0 saturated carbocycles. The molecule has 0 atom stereocenters. The number of rotatable bonds is 6. The topological polar surface area (TPSA) is 49.8 Å². The highest BCUT2D eigenvalue weighted by atomic mass is 15.1. The third-order valence-electron chi connectivity index (χ3n) is 3.04. The van der Waals surface area contributed by atoms with E-state index in [1.54, 1.807) is 6.20 Å². The van der Waals surface area contributed by atoms with E-state index in [-0.39, 0.29) is 0 Å². The zero-order valence-electron chi connectivity index (χ0n) is 12.4. The Morgan fingerprint density at radius 3 is 2.50 bits per heavy atom. The number of nitrogens with zero attached hydrogens (tertiary/aromatic N) is 2. The average Bonchev–Trinajstić information content (AvgIpc) is 2.46. The molecule has 2 aromatic rings. The van der Waals surface area contributed by atoms with Crippen molar-refractivity contribution < 1.29 is 0 Å². The van der Waals surface area contributed by atoms with Crippen molar-refractivity contribution in [1.29, 1.82) is 0 Å². The summed E-state index contributed by atoms with van der Waals surface area (Å²) in [6.45, 7) is 7.38. The SMILES string of the molecule is CCCNc1nccc(Nc2ccc(C(C)C)cc2)n1. The fraction of sp³-hybridized carbons (Fsp3) is 0.375. The molecule has 0 unspecified atom stereocenters. The fourth-order valence-electron chi connectivity index (χ4n) is 1.85. The van der Waals surface area contributed by atoms with Crippen LogP contribution in [0.15, 0.2) is 36.5 Å². The predicted octanol–water partition coefficient (Wildman–Crippen LogP) is 4.17. The van der Waals surface area contributed by atoms with Crippen molar-refractivity contribution in [3.8, 4) is 0 Å². The van der Waals surface area contributed by atoms with E-state index in [1.807, 2.05) is 6.07 Å². The van der Waals surface area contributed by atoms with Crippen molar-refractivity contribution in [2.45, 2.75) is 33.1 Å². The average molecular weight is 270 g/mol. The first kappa shape index (κ1) is 14.3. The van der Waals surface area contributed by atoms with Crippen LogP contribution in [0.5, 0.6) is 0 Å². The van der Waals surface area contributed by atoms with Crippen molar-refractivity contribution in [2.24, 2.45) is 0 Å². The van der Waals surface area contributed by atoms with Crippen LogP contribution in [0.4, 0.5) is 17.5 Å². The molecule has 0 fully saturated rings. The Labute approximate surface area is 120 Å². The molecule has 20 heavy (non-hydrogen) atoms. The summed E-state index contributed by atoms with van der Waals surface area (Å²) in [6.07, 6.45) is 2.81. The molecule has 1 aromatic carbocycles. The van der Waals surface area contributed by atoms with Gasteiger partial charge in [0.2, 0.25) is 5.95 Å². The Morgan fingerprint density at radius 2 is 1.85 bits per heavy atom. The van der Waals surface area contributed by atoms with Gasteiger partial charge in [-0.15, -0.1) is 0 Å². The normalized spacial score (nSPS) is 10.6. The molecule has 2 N–H and O–H groups in total. The second kappa shape index (κ2) is 6.89. The zero-order valence-corrected chi connectivity index (χ0v) is 12.4. The van der Waals surface area contributed by atoms with Gasteiger partial charge >= 0.3 is 0 Å². The van der Waals surface area contributed by atoms with E-state index < -0.39 is 0 Å². The number of anilines is 3. The Balaban J connectivity index is 2.05.